The summed E-state index contributed by atoms with van der Waals surface area (Å²) < 4.78 is 41.3. The van der Waals surface area contributed by atoms with Crippen LogP contribution in [0.4, 0.5) is 14.5 Å². The van der Waals surface area contributed by atoms with Crippen molar-refractivity contribution >= 4 is 17.6 Å². The molecule has 1 amide bonds. The molecule has 0 radical (unpaired) electrons. The minimum atomic E-state index is -0.919. The van der Waals surface area contributed by atoms with E-state index in [-0.39, 0.29) is 18.7 Å². The molecule has 2 rings (SSSR count). The molecule has 2 aromatic rings. The Kier molecular flexibility index (Phi) is 6.90. The molecule has 0 heterocycles. The van der Waals surface area contributed by atoms with Crippen LogP contribution in [0, 0.1) is 11.6 Å². The number of ether oxygens (including phenoxy) is 3. The maximum atomic E-state index is 13.4. The molecule has 0 fully saturated rings. The minimum absolute atomic E-state index is 0.0653. The number of esters is 1. The van der Waals surface area contributed by atoms with Crippen LogP contribution in [0.25, 0.3) is 0 Å². The Morgan fingerprint density at radius 3 is 2.38 bits per heavy atom. The Hall–Kier alpha value is -3.16. The minimum Gasteiger partial charge on any atom is -0.497 e. The zero-order chi connectivity index (χ0) is 18.9. The molecular formula is C18H17F2NO5. The highest BCUT2D eigenvalue weighted by Gasteiger charge is 2.11. The standard InChI is InChI=1S/C18H17F2NO5/c1-24-13-3-5-14(6-4-13)25-9-8-18(23)26-11-17(22)21-16-7-2-12(19)10-15(16)20/h2-7,10H,8-9,11H2,1H3,(H,21,22). The molecule has 6 nitrogen and oxygen atoms in total. The van der Waals surface area contributed by atoms with Crippen LogP contribution in [-0.2, 0) is 14.3 Å². The van der Waals surface area contributed by atoms with E-state index in [2.05, 4.69) is 5.32 Å². The summed E-state index contributed by atoms with van der Waals surface area (Å²) in [6, 6.07) is 9.52. The van der Waals surface area contributed by atoms with Gasteiger partial charge in [0.25, 0.3) is 5.91 Å². The number of rotatable bonds is 8. The number of halogens is 2. The third kappa shape index (κ3) is 6.04. The SMILES string of the molecule is COc1ccc(OCCC(=O)OCC(=O)Nc2ccc(F)cc2F)cc1. The highest BCUT2D eigenvalue weighted by molar-refractivity contribution is 5.92. The third-order valence-corrected chi connectivity index (χ3v) is 3.20. The molecule has 1 N–H and O–H groups in total. The van der Waals surface area contributed by atoms with Gasteiger partial charge in [0, 0.05) is 6.07 Å². The molecule has 0 spiro atoms. The molecule has 138 valence electrons. The second-order valence-corrected chi connectivity index (χ2v) is 5.11. The number of hydrogen-bond donors (Lipinski definition) is 1. The number of nitrogens with one attached hydrogen (secondary N) is 1. The molecule has 0 atom stereocenters. The second-order valence-electron chi connectivity index (χ2n) is 5.11. The van der Waals surface area contributed by atoms with E-state index in [4.69, 9.17) is 14.2 Å². The lowest BCUT2D eigenvalue weighted by Gasteiger charge is -2.08. The summed E-state index contributed by atoms with van der Waals surface area (Å²) in [6.07, 6.45) is -0.0653. The molecule has 0 saturated carbocycles. The van der Waals surface area contributed by atoms with Crippen LogP contribution >= 0.6 is 0 Å². The maximum Gasteiger partial charge on any atom is 0.309 e. The average Bonchev–Trinajstić information content (AvgIpc) is 2.63. The van der Waals surface area contributed by atoms with Gasteiger partial charge >= 0.3 is 5.97 Å². The van der Waals surface area contributed by atoms with E-state index >= 15 is 0 Å². The molecule has 0 aromatic heterocycles. The van der Waals surface area contributed by atoms with E-state index in [0.29, 0.717) is 17.6 Å². The monoisotopic (exact) mass is 365 g/mol. The summed E-state index contributed by atoms with van der Waals surface area (Å²) in [5.41, 5.74) is -0.199. The zero-order valence-corrected chi connectivity index (χ0v) is 14.0. The maximum absolute atomic E-state index is 13.4. The smallest absolute Gasteiger partial charge is 0.309 e. The lowest BCUT2D eigenvalue weighted by atomic mass is 10.3. The van der Waals surface area contributed by atoms with Crippen molar-refractivity contribution in [2.75, 3.05) is 25.6 Å². The Labute approximate surface area is 148 Å². The predicted octanol–water partition coefficient (Wildman–Crippen LogP) is 2.92. The summed E-state index contributed by atoms with van der Waals surface area (Å²) in [5, 5.41) is 2.18. The van der Waals surface area contributed by atoms with Gasteiger partial charge in [-0.3, -0.25) is 9.59 Å². The average molecular weight is 365 g/mol. The number of anilines is 1. The Morgan fingerprint density at radius 1 is 1.04 bits per heavy atom. The molecule has 26 heavy (non-hydrogen) atoms. The number of carbonyl (C=O) groups is 2. The van der Waals surface area contributed by atoms with Crippen LogP contribution < -0.4 is 14.8 Å². The Balaban J connectivity index is 1.68. The molecule has 0 bridgehead atoms. The van der Waals surface area contributed by atoms with Crippen LogP contribution in [0.1, 0.15) is 6.42 Å². The van der Waals surface area contributed by atoms with Crippen molar-refractivity contribution in [1.82, 2.24) is 0 Å². The van der Waals surface area contributed by atoms with Crippen molar-refractivity contribution in [2.45, 2.75) is 6.42 Å². The number of amides is 1. The Bertz CT molecular complexity index is 765. The molecule has 2 aromatic carbocycles. The van der Waals surface area contributed by atoms with E-state index in [1.54, 1.807) is 31.4 Å². The first-order chi connectivity index (χ1) is 12.5. The van der Waals surface area contributed by atoms with Crippen molar-refractivity contribution in [3.05, 3.63) is 54.1 Å². The fraction of sp³-hybridized carbons (Fsp3) is 0.222. The van der Waals surface area contributed by atoms with Crippen LogP contribution in [-0.4, -0.2) is 32.2 Å². The largest absolute Gasteiger partial charge is 0.497 e. The summed E-state index contributed by atoms with van der Waals surface area (Å²) >= 11 is 0. The zero-order valence-electron chi connectivity index (χ0n) is 14.0. The van der Waals surface area contributed by atoms with Gasteiger partial charge in [-0.1, -0.05) is 0 Å². The fourth-order valence-corrected chi connectivity index (χ4v) is 1.92. The first kappa shape index (κ1) is 19.2. The van der Waals surface area contributed by atoms with Gasteiger partial charge in [-0.05, 0) is 36.4 Å². The summed E-state index contributed by atoms with van der Waals surface area (Å²) in [5.74, 6) is -1.82. The first-order valence-electron chi connectivity index (χ1n) is 7.65. The lowest BCUT2D eigenvalue weighted by Crippen LogP contribution is -2.22. The van der Waals surface area contributed by atoms with Crippen molar-refractivity contribution < 1.29 is 32.6 Å². The van der Waals surface area contributed by atoms with Crippen molar-refractivity contribution in [1.29, 1.82) is 0 Å². The van der Waals surface area contributed by atoms with Gasteiger partial charge in [-0.15, -0.1) is 0 Å². The van der Waals surface area contributed by atoms with Crippen LogP contribution in [0.2, 0.25) is 0 Å². The van der Waals surface area contributed by atoms with Gasteiger partial charge < -0.3 is 19.5 Å². The highest BCUT2D eigenvalue weighted by atomic mass is 19.1. The fourth-order valence-electron chi connectivity index (χ4n) is 1.92. The van der Waals surface area contributed by atoms with Gasteiger partial charge in [0.15, 0.2) is 6.61 Å². The number of carbonyl (C=O) groups excluding carboxylic acids is 2. The molecule has 0 aliphatic heterocycles. The molecule has 0 aliphatic rings. The van der Waals surface area contributed by atoms with Gasteiger partial charge in [-0.2, -0.15) is 0 Å². The van der Waals surface area contributed by atoms with Gasteiger partial charge in [0.1, 0.15) is 23.1 Å². The predicted molar refractivity (Wildman–Crippen MR) is 89.1 cm³/mol. The Morgan fingerprint density at radius 2 is 1.73 bits per heavy atom. The molecule has 0 saturated heterocycles. The normalized spacial score (nSPS) is 10.1. The number of hydrogen-bond acceptors (Lipinski definition) is 5. The van der Waals surface area contributed by atoms with Gasteiger partial charge in [0.05, 0.1) is 25.8 Å². The van der Waals surface area contributed by atoms with E-state index in [9.17, 15) is 18.4 Å². The lowest BCUT2D eigenvalue weighted by molar-refractivity contribution is -0.147. The summed E-state index contributed by atoms with van der Waals surface area (Å²) in [4.78, 5) is 23.2. The van der Waals surface area contributed by atoms with E-state index < -0.39 is 30.1 Å². The van der Waals surface area contributed by atoms with Crippen LogP contribution in [0.3, 0.4) is 0 Å². The van der Waals surface area contributed by atoms with Crippen molar-refractivity contribution in [3.8, 4) is 11.5 Å². The van der Waals surface area contributed by atoms with Crippen molar-refractivity contribution in [3.63, 3.8) is 0 Å². The van der Waals surface area contributed by atoms with Crippen LogP contribution in [0.15, 0.2) is 42.5 Å². The van der Waals surface area contributed by atoms with Crippen molar-refractivity contribution in [2.24, 2.45) is 0 Å². The highest BCUT2D eigenvalue weighted by Crippen LogP contribution is 2.17. The third-order valence-electron chi connectivity index (χ3n) is 3.20. The van der Waals surface area contributed by atoms with E-state index in [0.717, 1.165) is 12.1 Å². The quantitative estimate of drug-likeness (QED) is 0.728. The topological polar surface area (TPSA) is 73.9 Å². The van der Waals surface area contributed by atoms with E-state index in [1.165, 1.54) is 0 Å². The van der Waals surface area contributed by atoms with Gasteiger partial charge in [0.2, 0.25) is 0 Å². The molecule has 0 aliphatic carbocycles. The second kappa shape index (κ2) is 9.36. The molecule has 0 unspecified atom stereocenters. The molecular weight excluding hydrogens is 348 g/mol. The summed E-state index contributed by atoms with van der Waals surface area (Å²) in [6.45, 7) is -0.516. The number of methoxy groups -OCH3 is 1. The summed E-state index contributed by atoms with van der Waals surface area (Å²) in [7, 11) is 1.55. The van der Waals surface area contributed by atoms with Gasteiger partial charge in [-0.25, -0.2) is 8.78 Å². The first-order valence-corrected chi connectivity index (χ1v) is 7.65. The number of benzene rings is 2. The molecule has 8 heteroatoms. The van der Waals surface area contributed by atoms with Crippen LogP contribution in [0.5, 0.6) is 11.5 Å². The van der Waals surface area contributed by atoms with E-state index in [1.807, 2.05) is 0 Å².